The maximum absolute atomic E-state index is 13.6. The molecule has 5 heteroatoms. The number of nitrogens with two attached hydrogens (primary N) is 1. The number of aromatic nitrogens is 1. The molecule has 29 heavy (non-hydrogen) atoms. The summed E-state index contributed by atoms with van der Waals surface area (Å²) in [6.45, 7) is 0. The highest BCUT2D eigenvalue weighted by atomic mass is 16.2. The summed E-state index contributed by atoms with van der Waals surface area (Å²) in [5, 5.41) is 0. The maximum Gasteiger partial charge on any atom is 0.264 e. The van der Waals surface area contributed by atoms with Crippen LogP contribution in [0.5, 0.6) is 0 Å². The quantitative estimate of drug-likeness (QED) is 0.750. The maximum atomic E-state index is 13.6. The molecule has 1 aliphatic carbocycles. The molecule has 0 radical (unpaired) electrons. The number of hydrogen-bond donors (Lipinski definition) is 1. The minimum atomic E-state index is -0.565. The zero-order valence-corrected chi connectivity index (χ0v) is 15.7. The molecule has 1 aromatic heterocycles. The Balaban J connectivity index is 1.80. The molecule has 5 rings (SSSR count). The molecule has 0 spiro atoms. The first-order chi connectivity index (χ1) is 14.1. The zero-order chi connectivity index (χ0) is 20.0. The van der Waals surface area contributed by atoms with E-state index in [0.717, 1.165) is 35.4 Å². The van der Waals surface area contributed by atoms with Crippen LogP contribution in [0.2, 0.25) is 0 Å². The first-order valence-corrected chi connectivity index (χ1v) is 9.56. The molecular formula is C24H19N3O2. The van der Waals surface area contributed by atoms with Crippen LogP contribution in [0.25, 0.3) is 11.3 Å². The zero-order valence-electron chi connectivity index (χ0n) is 15.7. The molecule has 2 aliphatic rings. The highest BCUT2D eigenvalue weighted by Crippen LogP contribution is 2.37. The van der Waals surface area contributed by atoms with E-state index < -0.39 is 5.91 Å². The molecule has 2 aromatic carbocycles. The van der Waals surface area contributed by atoms with Gasteiger partial charge >= 0.3 is 0 Å². The Morgan fingerprint density at radius 3 is 2.52 bits per heavy atom. The Morgan fingerprint density at radius 1 is 0.966 bits per heavy atom. The highest BCUT2D eigenvalue weighted by Gasteiger charge is 2.32. The van der Waals surface area contributed by atoms with E-state index in [4.69, 9.17) is 5.73 Å². The van der Waals surface area contributed by atoms with E-state index in [1.807, 2.05) is 42.6 Å². The van der Waals surface area contributed by atoms with Crippen LogP contribution in [0, 0.1) is 0 Å². The Kier molecular flexibility index (Phi) is 3.95. The molecule has 2 N–H and O–H groups in total. The monoisotopic (exact) mass is 381 g/mol. The molecule has 0 saturated heterocycles. The molecule has 142 valence electrons. The number of carbonyl (C=O) groups excluding carboxylic acids is 2. The van der Waals surface area contributed by atoms with Crippen LogP contribution in [-0.2, 0) is 11.2 Å². The predicted octanol–water partition coefficient (Wildman–Crippen LogP) is 3.81. The van der Waals surface area contributed by atoms with Gasteiger partial charge in [-0.25, -0.2) is 0 Å². The molecule has 3 aromatic rings. The standard InChI is InChI=1S/C24H19N3O2/c25-23(28)18-10-4-5-12-20(18)27-15-21(16-7-2-1-3-8-16)26-14-13-17-9-6-11-19(22(17)26)24(27)29/h1-5,7-8,10-15H,6,9H2,(H2,25,28). The summed E-state index contributed by atoms with van der Waals surface area (Å²) in [7, 11) is 0. The minimum absolute atomic E-state index is 0.162. The van der Waals surface area contributed by atoms with E-state index in [9.17, 15) is 9.59 Å². The van der Waals surface area contributed by atoms with Gasteiger partial charge in [-0.3, -0.25) is 14.5 Å². The second-order valence-corrected chi connectivity index (χ2v) is 7.15. The van der Waals surface area contributed by atoms with Crippen molar-refractivity contribution in [1.29, 1.82) is 0 Å². The number of primary amides is 1. The van der Waals surface area contributed by atoms with Gasteiger partial charge in [-0.05, 0) is 42.2 Å². The molecule has 1 aliphatic heterocycles. The summed E-state index contributed by atoms with van der Waals surface area (Å²) in [6.07, 6.45) is 7.52. The number of rotatable bonds is 3. The van der Waals surface area contributed by atoms with E-state index in [-0.39, 0.29) is 5.91 Å². The number of anilines is 1. The molecular weight excluding hydrogens is 362 g/mol. The number of nitrogens with zero attached hydrogens (tertiary/aromatic N) is 2. The number of hydrogen-bond acceptors (Lipinski definition) is 2. The Labute approximate surface area is 168 Å². The lowest BCUT2D eigenvalue weighted by molar-refractivity contribution is -0.112. The van der Waals surface area contributed by atoms with E-state index in [2.05, 4.69) is 10.6 Å². The molecule has 2 amide bonds. The van der Waals surface area contributed by atoms with Gasteiger partial charge in [-0.15, -0.1) is 0 Å². The fraction of sp³-hybridized carbons (Fsp3) is 0.0833. The largest absolute Gasteiger partial charge is 0.366 e. The van der Waals surface area contributed by atoms with Crippen LogP contribution in [0.15, 0.2) is 79.1 Å². The Hall–Kier alpha value is -3.86. The van der Waals surface area contributed by atoms with E-state index in [0.29, 0.717) is 16.8 Å². The second kappa shape index (κ2) is 6.63. The normalized spacial score (nSPS) is 15.3. The third kappa shape index (κ3) is 2.70. The molecule has 0 bridgehead atoms. The third-order valence-electron chi connectivity index (χ3n) is 5.45. The summed E-state index contributed by atoms with van der Waals surface area (Å²) in [5.74, 6) is -0.726. The summed E-state index contributed by atoms with van der Waals surface area (Å²) in [5.41, 5.74) is 11.0. The van der Waals surface area contributed by atoms with Crippen molar-refractivity contribution < 1.29 is 9.59 Å². The van der Waals surface area contributed by atoms with Gasteiger partial charge in [0.25, 0.3) is 11.8 Å². The van der Waals surface area contributed by atoms with Gasteiger partial charge in [0, 0.05) is 12.4 Å². The fourth-order valence-electron chi connectivity index (χ4n) is 4.10. The average molecular weight is 381 g/mol. The molecule has 0 unspecified atom stereocenters. The first kappa shape index (κ1) is 17.3. The molecule has 2 heterocycles. The van der Waals surface area contributed by atoms with Crippen LogP contribution < -0.4 is 10.6 Å². The predicted molar refractivity (Wildman–Crippen MR) is 113 cm³/mol. The number of para-hydroxylation sites is 1. The van der Waals surface area contributed by atoms with Crippen molar-refractivity contribution >= 4 is 28.8 Å². The van der Waals surface area contributed by atoms with Gasteiger partial charge in [0.1, 0.15) is 0 Å². The van der Waals surface area contributed by atoms with Gasteiger partial charge in [0.05, 0.1) is 28.2 Å². The summed E-state index contributed by atoms with van der Waals surface area (Å²) in [4.78, 5) is 27.2. The third-order valence-corrected chi connectivity index (χ3v) is 5.45. The minimum Gasteiger partial charge on any atom is -0.366 e. The lowest BCUT2D eigenvalue weighted by Crippen LogP contribution is -2.29. The van der Waals surface area contributed by atoms with Gasteiger partial charge in [0.2, 0.25) is 0 Å². The lowest BCUT2D eigenvalue weighted by Gasteiger charge is -2.22. The van der Waals surface area contributed by atoms with Crippen molar-refractivity contribution in [3.63, 3.8) is 0 Å². The highest BCUT2D eigenvalue weighted by molar-refractivity contribution is 6.29. The summed E-state index contributed by atoms with van der Waals surface area (Å²) in [6, 6.07) is 19.0. The number of carbonyl (C=O) groups is 2. The van der Waals surface area contributed by atoms with Gasteiger partial charge in [-0.2, -0.15) is 0 Å². The SMILES string of the molecule is NC(=O)c1ccccc1N1C=C(c2ccccc2)n2ccc3c2C(=CCC3)C1=O. The second-order valence-electron chi connectivity index (χ2n) is 7.15. The van der Waals surface area contributed by atoms with Crippen LogP contribution in [0.1, 0.15) is 33.6 Å². The van der Waals surface area contributed by atoms with E-state index in [1.54, 1.807) is 35.4 Å². The van der Waals surface area contributed by atoms with Crippen LogP contribution in [0.3, 0.4) is 0 Å². The topological polar surface area (TPSA) is 68.3 Å². The molecule has 0 atom stereocenters. The molecule has 0 saturated carbocycles. The van der Waals surface area contributed by atoms with Crippen molar-refractivity contribution in [1.82, 2.24) is 4.57 Å². The number of aryl methyl sites for hydroxylation is 1. The molecule has 0 fully saturated rings. The Bertz CT molecular complexity index is 1200. The summed E-state index contributed by atoms with van der Waals surface area (Å²) >= 11 is 0. The average Bonchev–Trinajstić information content (AvgIpc) is 3.13. The van der Waals surface area contributed by atoms with Crippen molar-refractivity contribution in [3.05, 3.63) is 102 Å². The number of benzene rings is 2. The lowest BCUT2D eigenvalue weighted by atomic mass is 9.96. The fourth-order valence-corrected chi connectivity index (χ4v) is 4.10. The Morgan fingerprint density at radius 2 is 1.72 bits per heavy atom. The number of allylic oxidation sites excluding steroid dienone is 1. The van der Waals surface area contributed by atoms with Gasteiger partial charge in [-0.1, -0.05) is 48.5 Å². The number of amides is 2. The van der Waals surface area contributed by atoms with E-state index >= 15 is 0 Å². The van der Waals surface area contributed by atoms with Crippen molar-refractivity contribution in [2.75, 3.05) is 4.90 Å². The van der Waals surface area contributed by atoms with E-state index in [1.165, 1.54) is 0 Å². The van der Waals surface area contributed by atoms with Gasteiger partial charge in [0.15, 0.2) is 0 Å². The van der Waals surface area contributed by atoms with Crippen molar-refractivity contribution in [2.45, 2.75) is 12.8 Å². The van der Waals surface area contributed by atoms with Crippen LogP contribution >= 0.6 is 0 Å². The summed E-state index contributed by atoms with van der Waals surface area (Å²) < 4.78 is 2.07. The first-order valence-electron chi connectivity index (χ1n) is 9.56. The van der Waals surface area contributed by atoms with Gasteiger partial charge < -0.3 is 10.3 Å². The van der Waals surface area contributed by atoms with Crippen LogP contribution in [0.4, 0.5) is 5.69 Å². The molecule has 5 nitrogen and oxygen atoms in total. The smallest absolute Gasteiger partial charge is 0.264 e. The van der Waals surface area contributed by atoms with Crippen molar-refractivity contribution in [3.8, 4) is 0 Å². The van der Waals surface area contributed by atoms with Crippen LogP contribution in [-0.4, -0.2) is 16.4 Å². The van der Waals surface area contributed by atoms with Crippen molar-refractivity contribution in [2.24, 2.45) is 5.73 Å².